The molecule has 0 aromatic rings. The summed E-state index contributed by atoms with van der Waals surface area (Å²) in [5.74, 6) is -9.15. The first-order valence-electron chi connectivity index (χ1n) is 8.25. The number of allylic oxidation sites excluding steroid dienone is 2. The van der Waals surface area contributed by atoms with Crippen LogP contribution in [0, 0.1) is 35.5 Å². The van der Waals surface area contributed by atoms with E-state index in [9.17, 15) is 18.3 Å². The Morgan fingerprint density at radius 1 is 1.00 bits per heavy atom. The van der Waals surface area contributed by atoms with Crippen LogP contribution in [0.5, 0.6) is 0 Å². The second-order valence-electron chi connectivity index (χ2n) is 7.92. The van der Waals surface area contributed by atoms with Crippen LogP contribution >= 0.6 is 0 Å². The Balaban J connectivity index is 1.58. The zero-order valence-corrected chi connectivity index (χ0v) is 12.6. The van der Waals surface area contributed by atoms with Crippen LogP contribution in [0.2, 0.25) is 0 Å². The number of ether oxygens (including phenoxy) is 2. The summed E-state index contributed by atoms with van der Waals surface area (Å²) in [6.45, 7) is -0.976. The third-order valence-corrected chi connectivity index (χ3v) is 7.24. The van der Waals surface area contributed by atoms with Gasteiger partial charge in [-0.1, -0.05) is 12.2 Å². The third-order valence-electron chi connectivity index (χ3n) is 7.24. The van der Waals surface area contributed by atoms with Crippen LogP contribution in [-0.4, -0.2) is 35.4 Å². The molecule has 8 heteroatoms. The summed E-state index contributed by atoms with van der Waals surface area (Å²) in [7, 11) is 0. The van der Waals surface area contributed by atoms with Gasteiger partial charge in [-0.15, -0.1) is 0 Å². The van der Waals surface area contributed by atoms with E-state index in [1.807, 2.05) is 6.08 Å². The Morgan fingerprint density at radius 2 is 1.67 bits per heavy atom. The molecule has 0 amide bonds. The molecule has 3 saturated carbocycles. The highest BCUT2D eigenvalue weighted by Crippen LogP contribution is 2.73. The summed E-state index contributed by atoms with van der Waals surface area (Å²) in [6.07, 6.45) is -0.285. The molecule has 4 bridgehead atoms. The van der Waals surface area contributed by atoms with Gasteiger partial charge in [0.25, 0.3) is 0 Å². The largest absolute Gasteiger partial charge is 0.449 e. The van der Waals surface area contributed by atoms with Crippen molar-refractivity contribution in [1.82, 2.24) is 0 Å². The first kappa shape index (κ1) is 15.5. The van der Waals surface area contributed by atoms with E-state index in [0.717, 1.165) is 6.42 Å². The maximum Gasteiger partial charge on any atom is 0.449 e. The molecule has 24 heavy (non-hydrogen) atoms. The van der Waals surface area contributed by atoms with Crippen molar-refractivity contribution in [1.29, 1.82) is 0 Å². The highest BCUT2D eigenvalue weighted by molar-refractivity contribution is 5.27. The number of rotatable bonds is 0. The van der Waals surface area contributed by atoms with Crippen molar-refractivity contribution in [2.24, 2.45) is 35.5 Å². The number of fused-ring (bicyclic) bond motifs is 10. The molecule has 1 aliphatic heterocycles. The van der Waals surface area contributed by atoms with Crippen molar-refractivity contribution in [2.45, 2.75) is 42.7 Å². The Bertz CT molecular complexity index is 619. The van der Waals surface area contributed by atoms with Gasteiger partial charge < -0.3 is 14.6 Å². The Labute approximate surface area is 134 Å². The molecule has 3 nitrogen and oxygen atoms in total. The summed E-state index contributed by atoms with van der Waals surface area (Å²) < 4.78 is 78.9. The van der Waals surface area contributed by atoms with Gasteiger partial charge in [-0.25, -0.2) is 0 Å². The monoisotopic (exact) mass is 352 g/mol. The maximum atomic E-state index is 15.0. The number of hydrogen-bond donors (Lipinski definition) is 1. The number of alkyl halides is 5. The Kier molecular flexibility index (Phi) is 2.68. The van der Waals surface area contributed by atoms with Gasteiger partial charge in [-0.3, -0.25) is 0 Å². The fourth-order valence-corrected chi connectivity index (χ4v) is 6.51. The molecule has 134 valence electrons. The quantitative estimate of drug-likeness (QED) is 0.414. The summed E-state index contributed by atoms with van der Waals surface area (Å²) in [6, 6.07) is 0. The van der Waals surface area contributed by atoms with Crippen molar-refractivity contribution < 1.29 is 36.5 Å². The molecule has 5 rings (SSSR count). The molecule has 1 saturated heterocycles. The smallest absolute Gasteiger partial charge is 0.354 e. The summed E-state index contributed by atoms with van der Waals surface area (Å²) in [4.78, 5) is 0. The van der Waals surface area contributed by atoms with Gasteiger partial charge in [0.2, 0.25) is 0 Å². The molecular weight excluding hydrogens is 335 g/mol. The minimum absolute atomic E-state index is 0.0820. The predicted molar refractivity (Wildman–Crippen MR) is 69.7 cm³/mol. The topological polar surface area (TPSA) is 38.7 Å². The number of hydrogen-bond acceptors (Lipinski definition) is 3. The zero-order valence-electron chi connectivity index (χ0n) is 12.6. The van der Waals surface area contributed by atoms with Crippen molar-refractivity contribution in [3.63, 3.8) is 0 Å². The minimum atomic E-state index is -5.59. The normalized spacial score (nSPS) is 57.1. The van der Waals surface area contributed by atoms with Gasteiger partial charge in [0.1, 0.15) is 5.60 Å². The van der Waals surface area contributed by atoms with E-state index in [4.69, 9.17) is 4.74 Å². The molecular formula is C16H17F5O3. The van der Waals surface area contributed by atoms with Gasteiger partial charge in [0.15, 0.2) is 6.79 Å². The molecule has 1 spiro atoms. The van der Waals surface area contributed by atoms with E-state index in [1.165, 1.54) is 0 Å². The van der Waals surface area contributed by atoms with Crippen LogP contribution in [0.3, 0.4) is 0 Å². The third kappa shape index (κ3) is 1.43. The van der Waals surface area contributed by atoms with Gasteiger partial charge in [0.05, 0.1) is 0 Å². The van der Waals surface area contributed by atoms with Crippen molar-refractivity contribution in [3.05, 3.63) is 12.2 Å². The summed E-state index contributed by atoms with van der Waals surface area (Å²) >= 11 is 0. The molecule has 8 unspecified atom stereocenters. The molecule has 4 fully saturated rings. The molecule has 0 radical (unpaired) electrons. The van der Waals surface area contributed by atoms with Gasteiger partial charge in [0, 0.05) is 0 Å². The lowest BCUT2D eigenvalue weighted by Gasteiger charge is -2.55. The molecule has 0 aromatic carbocycles. The minimum Gasteiger partial charge on any atom is -0.354 e. The van der Waals surface area contributed by atoms with Crippen LogP contribution in [0.25, 0.3) is 0 Å². The van der Waals surface area contributed by atoms with Crippen molar-refractivity contribution in [2.75, 3.05) is 6.79 Å². The standard InChI is InChI=1S/C16H17F5O3/c17-14(18)13(23-6-24-15(14,22)16(19,20)21)5-9-4-10(13)12-8-2-1-7(3-8)11(9)12/h1-2,7-12,22H,3-6H2. The van der Waals surface area contributed by atoms with Crippen LogP contribution in [0.1, 0.15) is 19.3 Å². The average Bonchev–Trinajstić information content (AvgIpc) is 3.22. The first-order chi connectivity index (χ1) is 11.1. The predicted octanol–water partition coefficient (Wildman–Crippen LogP) is 3.09. The first-order valence-corrected chi connectivity index (χ1v) is 8.25. The van der Waals surface area contributed by atoms with Crippen molar-refractivity contribution in [3.8, 4) is 0 Å². The molecule has 8 atom stereocenters. The van der Waals surface area contributed by atoms with E-state index in [2.05, 4.69) is 10.8 Å². The highest BCUT2D eigenvalue weighted by atomic mass is 19.4. The number of aliphatic hydroxyl groups is 1. The lowest BCUT2D eigenvalue weighted by atomic mass is 9.64. The summed E-state index contributed by atoms with van der Waals surface area (Å²) in [5.41, 5.74) is -2.29. The number of halogens is 5. The molecule has 1 heterocycles. The van der Waals surface area contributed by atoms with E-state index in [0.29, 0.717) is 12.3 Å². The van der Waals surface area contributed by atoms with Gasteiger partial charge >= 0.3 is 17.9 Å². The van der Waals surface area contributed by atoms with E-state index >= 15 is 8.78 Å². The van der Waals surface area contributed by atoms with Crippen LogP contribution in [0.4, 0.5) is 22.0 Å². The van der Waals surface area contributed by atoms with Crippen molar-refractivity contribution >= 4 is 0 Å². The second-order valence-corrected chi connectivity index (χ2v) is 7.92. The summed E-state index contributed by atoms with van der Waals surface area (Å²) in [5, 5.41) is 9.77. The SMILES string of the molecule is OC1(C(F)(F)F)OCOC2(CC3CC2C2C4C=CC(C4)C32)C1(F)F. The average molecular weight is 352 g/mol. The van der Waals surface area contributed by atoms with Gasteiger partial charge in [-0.05, 0) is 54.8 Å². The Hall–Kier alpha value is -0.730. The molecule has 4 aliphatic carbocycles. The maximum absolute atomic E-state index is 15.0. The fraction of sp³-hybridized carbons (Fsp3) is 0.875. The second kappa shape index (κ2) is 4.15. The lowest BCUT2D eigenvalue weighted by Crippen LogP contribution is -2.75. The molecule has 0 aromatic heterocycles. The van der Waals surface area contributed by atoms with Crippen LogP contribution < -0.4 is 0 Å². The van der Waals surface area contributed by atoms with E-state index < -0.39 is 36.2 Å². The zero-order chi connectivity index (χ0) is 17.1. The lowest BCUT2D eigenvalue weighted by molar-refractivity contribution is -0.508. The van der Waals surface area contributed by atoms with E-state index in [1.54, 1.807) is 0 Å². The molecule has 5 aliphatic rings. The Morgan fingerprint density at radius 3 is 2.33 bits per heavy atom. The highest BCUT2D eigenvalue weighted by Gasteiger charge is 2.85. The van der Waals surface area contributed by atoms with Crippen LogP contribution in [0.15, 0.2) is 12.2 Å². The fourth-order valence-electron chi connectivity index (χ4n) is 6.51. The molecule has 1 N–H and O–H groups in total. The van der Waals surface area contributed by atoms with Crippen LogP contribution in [-0.2, 0) is 9.47 Å². The van der Waals surface area contributed by atoms with Gasteiger partial charge in [-0.2, -0.15) is 22.0 Å². The van der Waals surface area contributed by atoms with E-state index in [-0.39, 0.29) is 30.1 Å².